The molecule has 0 saturated heterocycles. The Bertz CT molecular complexity index is 456. The van der Waals surface area contributed by atoms with E-state index < -0.39 is 0 Å². The first-order valence-electron chi connectivity index (χ1n) is 7.31. The van der Waals surface area contributed by atoms with Crippen molar-refractivity contribution in [2.24, 2.45) is 4.99 Å². The molecule has 1 heterocycles. The number of nitrogens with zero attached hydrogens (tertiary/aromatic N) is 2. The van der Waals surface area contributed by atoms with Crippen LogP contribution in [0.4, 0.5) is 0 Å². The Morgan fingerprint density at radius 3 is 2.85 bits per heavy atom. The summed E-state index contributed by atoms with van der Waals surface area (Å²) >= 11 is 1.77. The lowest BCUT2D eigenvalue weighted by atomic mass is 10.2. The second-order valence-corrected chi connectivity index (χ2v) is 6.07. The lowest BCUT2D eigenvalue weighted by molar-refractivity contribution is 0.623. The van der Waals surface area contributed by atoms with Crippen molar-refractivity contribution in [3.05, 3.63) is 28.2 Å². The fraction of sp³-hybridized carbons (Fsp3) is 0.600. The van der Waals surface area contributed by atoms with E-state index in [-0.39, 0.29) is 0 Å². The molecule has 110 valence electrons. The van der Waals surface area contributed by atoms with Crippen molar-refractivity contribution >= 4 is 17.3 Å². The topological polar surface area (TPSA) is 49.3 Å². The fourth-order valence-electron chi connectivity index (χ4n) is 2.25. The quantitative estimate of drug-likeness (QED) is 0.367. The van der Waals surface area contributed by atoms with Crippen molar-refractivity contribution in [3.8, 4) is 0 Å². The van der Waals surface area contributed by atoms with Crippen LogP contribution in [0.3, 0.4) is 0 Å². The van der Waals surface area contributed by atoms with E-state index in [2.05, 4.69) is 45.1 Å². The Morgan fingerprint density at radius 1 is 1.40 bits per heavy atom. The highest BCUT2D eigenvalue weighted by molar-refractivity contribution is 7.09. The number of thiazole rings is 1. The average molecular weight is 292 g/mol. The van der Waals surface area contributed by atoms with Crippen molar-refractivity contribution in [2.45, 2.75) is 45.1 Å². The number of rotatable bonds is 6. The minimum absolute atomic E-state index is 0.513. The Balaban J connectivity index is 1.57. The molecule has 4 nitrogen and oxygen atoms in total. The molecular weight excluding hydrogens is 268 g/mol. The van der Waals surface area contributed by atoms with Gasteiger partial charge in [-0.1, -0.05) is 12.2 Å². The molecule has 1 aromatic heterocycles. The van der Waals surface area contributed by atoms with E-state index in [9.17, 15) is 0 Å². The van der Waals surface area contributed by atoms with Gasteiger partial charge in [-0.15, -0.1) is 11.3 Å². The zero-order chi connectivity index (χ0) is 14.2. The van der Waals surface area contributed by atoms with Gasteiger partial charge in [0, 0.05) is 30.7 Å². The molecule has 0 amide bonds. The molecule has 5 heteroatoms. The first-order valence-corrected chi connectivity index (χ1v) is 8.19. The van der Waals surface area contributed by atoms with Crippen molar-refractivity contribution in [3.63, 3.8) is 0 Å². The van der Waals surface area contributed by atoms with Gasteiger partial charge in [0.1, 0.15) is 0 Å². The lowest BCUT2D eigenvalue weighted by Gasteiger charge is -2.16. The molecule has 1 aliphatic carbocycles. The molecular formula is C15H24N4S. The third-order valence-corrected chi connectivity index (χ3v) is 4.38. The van der Waals surface area contributed by atoms with E-state index in [0.717, 1.165) is 43.9 Å². The van der Waals surface area contributed by atoms with Gasteiger partial charge in [-0.3, -0.25) is 4.99 Å². The van der Waals surface area contributed by atoms with E-state index >= 15 is 0 Å². The van der Waals surface area contributed by atoms with Crippen LogP contribution in [0.5, 0.6) is 0 Å². The number of nitrogens with one attached hydrogen (secondary N) is 2. The highest BCUT2D eigenvalue weighted by Crippen LogP contribution is 2.11. The van der Waals surface area contributed by atoms with Crippen molar-refractivity contribution in [2.75, 3.05) is 13.6 Å². The van der Waals surface area contributed by atoms with Gasteiger partial charge in [0.15, 0.2) is 5.96 Å². The van der Waals surface area contributed by atoms with Crippen molar-refractivity contribution < 1.29 is 0 Å². The first-order chi connectivity index (χ1) is 9.78. The summed E-state index contributed by atoms with van der Waals surface area (Å²) in [6.45, 7) is 3.01. The van der Waals surface area contributed by atoms with Crippen LogP contribution in [0.25, 0.3) is 0 Å². The monoisotopic (exact) mass is 292 g/mol. The Morgan fingerprint density at radius 2 is 2.20 bits per heavy atom. The second-order valence-electron chi connectivity index (χ2n) is 5.12. The number of hydrogen-bond acceptors (Lipinski definition) is 3. The van der Waals surface area contributed by atoms with Crippen LogP contribution >= 0.6 is 11.3 Å². The van der Waals surface area contributed by atoms with Gasteiger partial charge < -0.3 is 10.6 Å². The molecule has 0 unspecified atom stereocenters. The van der Waals surface area contributed by atoms with Gasteiger partial charge in [-0.05, 0) is 39.0 Å². The summed E-state index contributed by atoms with van der Waals surface area (Å²) in [5.74, 6) is 0.920. The van der Waals surface area contributed by atoms with E-state index in [1.165, 1.54) is 11.4 Å². The highest BCUT2D eigenvalue weighted by atomic mass is 32.1. The van der Waals surface area contributed by atoms with Crippen LogP contribution in [-0.2, 0) is 6.42 Å². The second kappa shape index (κ2) is 8.04. The molecule has 0 spiro atoms. The third kappa shape index (κ3) is 4.96. The number of aliphatic imine (C=N–C) groups is 1. The number of hydrogen-bond donors (Lipinski definition) is 2. The summed E-state index contributed by atoms with van der Waals surface area (Å²) in [5.41, 5.74) is 1.14. The van der Waals surface area contributed by atoms with E-state index in [1.54, 1.807) is 11.3 Å². The summed E-state index contributed by atoms with van der Waals surface area (Å²) in [7, 11) is 1.83. The molecule has 2 N–H and O–H groups in total. The third-order valence-electron chi connectivity index (χ3n) is 3.35. The average Bonchev–Trinajstić information content (AvgIpc) is 3.09. The maximum atomic E-state index is 4.48. The molecule has 2 rings (SSSR count). The van der Waals surface area contributed by atoms with Gasteiger partial charge in [-0.25, -0.2) is 4.98 Å². The maximum absolute atomic E-state index is 4.48. The van der Waals surface area contributed by atoms with Gasteiger partial charge in [-0.2, -0.15) is 0 Å². The Labute approximate surface area is 125 Å². The van der Waals surface area contributed by atoms with Crippen LogP contribution in [0.2, 0.25) is 0 Å². The molecule has 0 fully saturated rings. The van der Waals surface area contributed by atoms with Crippen LogP contribution < -0.4 is 10.6 Å². The Kier molecular flexibility index (Phi) is 6.05. The number of aromatic nitrogens is 1. The minimum atomic E-state index is 0.513. The van der Waals surface area contributed by atoms with Gasteiger partial charge in [0.2, 0.25) is 0 Å². The zero-order valence-electron chi connectivity index (χ0n) is 12.4. The SMILES string of the molecule is CN=C(NCCCCc1nc(C)cs1)NC1CC=CC1. The fourth-order valence-corrected chi connectivity index (χ4v) is 3.07. The normalized spacial score (nSPS) is 15.8. The maximum Gasteiger partial charge on any atom is 0.191 e. The van der Waals surface area contributed by atoms with Crippen LogP contribution in [0.15, 0.2) is 22.5 Å². The largest absolute Gasteiger partial charge is 0.356 e. The highest BCUT2D eigenvalue weighted by Gasteiger charge is 2.11. The predicted molar refractivity (Wildman–Crippen MR) is 86.4 cm³/mol. The number of aryl methyl sites for hydroxylation is 2. The summed E-state index contributed by atoms with van der Waals surface area (Å²) in [6, 6.07) is 0.513. The molecule has 20 heavy (non-hydrogen) atoms. The summed E-state index contributed by atoms with van der Waals surface area (Å²) < 4.78 is 0. The van der Waals surface area contributed by atoms with Gasteiger partial charge in [0.25, 0.3) is 0 Å². The summed E-state index contributed by atoms with van der Waals surface area (Å²) in [4.78, 5) is 8.75. The molecule has 0 saturated carbocycles. The predicted octanol–water partition coefficient (Wildman–Crippen LogP) is 2.66. The molecule has 0 aliphatic heterocycles. The van der Waals surface area contributed by atoms with Crippen LogP contribution in [-0.4, -0.2) is 30.6 Å². The van der Waals surface area contributed by atoms with Crippen molar-refractivity contribution in [1.29, 1.82) is 0 Å². The lowest BCUT2D eigenvalue weighted by Crippen LogP contribution is -2.42. The molecule has 0 bridgehead atoms. The van der Waals surface area contributed by atoms with Crippen molar-refractivity contribution in [1.82, 2.24) is 15.6 Å². The molecule has 0 aromatic carbocycles. The van der Waals surface area contributed by atoms with Gasteiger partial charge >= 0.3 is 0 Å². The number of unbranched alkanes of at least 4 members (excludes halogenated alkanes) is 1. The zero-order valence-corrected chi connectivity index (χ0v) is 13.2. The number of guanidine groups is 1. The van der Waals surface area contributed by atoms with E-state index in [0.29, 0.717) is 6.04 Å². The molecule has 0 radical (unpaired) electrons. The summed E-state index contributed by atoms with van der Waals surface area (Å²) in [5, 5.41) is 10.2. The van der Waals surface area contributed by atoms with E-state index in [4.69, 9.17) is 0 Å². The van der Waals surface area contributed by atoms with Crippen LogP contribution in [0, 0.1) is 6.92 Å². The molecule has 1 aromatic rings. The minimum Gasteiger partial charge on any atom is -0.356 e. The smallest absolute Gasteiger partial charge is 0.191 e. The standard InChI is InChI=1S/C15H24N4S/c1-12-11-20-14(18-12)9-5-6-10-17-15(16-2)19-13-7-3-4-8-13/h3-4,11,13H,5-10H2,1-2H3,(H2,16,17,19). The summed E-state index contributed by atoms with van der Waals surface area (Å²) in [6.07, 6.45) is 10.0. The molecule has 1 aliphatic rings. The van der Waals surface area contributed by atoms with Crippen LogP contribution in [0.1, 0.15) is 36.4 Å². The van der Waals surface area contributed by atoms with E-state index in [1.807, 2.05) is 7.05 Å². The Hall–Kier alpha value is -1.36. The van der Waals surface area contributed by atoms with Gasteiger partial charge in [0.05, 0.1) is 5.01 Å². The first kappa shape index (κ1) is 15.0. The molecule has 0 atom stereocenters.